The predicted octanol–water partition coefficient (Wildman–Crippen LogP) is 1.91. The zero-order valence-electron chi connectivity index (χ0n) is 8.09. The second-order valence-corrected chi connectivity index (χ2v) is 3.57. The molecule has 0 amide bonds. The number of allylic oxidation sites excluding steroid dienone is 1. The van der Waals surface area contributed by atoms with Gasteiger partial charge in [-0.2, -0.15) is 0 Å². The monoisotopic (exact) mass is 178 g/mol. The SMILES string of the molecule is C=C(C)C#C[C@H]1C[C@@H](C)CC(=O)O1. The van der Waals surface area contributed by atoms with Gasteiger partial charge in [0.05, 0.1) is 0 Å². The number of ether oxygens (including phenoxy) is 1. The van der Waals surface area contributed by atoms with Crippen molar-refractivity contribution in [2.75, 3.05) is 0 Å². The Hall–Kier alpha value is -1.23. The van der Waals surface area contributed by atoms with Crippen LogP contribution >= 0.6 is 0 Å². The van der Waals surface area contributed by atoms with Crippen LogP contribution in [0.25, 0.3) is 0 Å². The van der Waals surface area contributed by atoms with Crippen molar-refractivity contribution < 1.29 is 9.53 Å². The second-order valence-electron chi connectivity index (χ2n) is 3.57. The van der Waals surface area contributed by atoms with Gasteiger partial charge in [-0.15, -0.1) is 0 Å². The molecule has 1 aliphatic rings. The van der Waals surface area contributed by atoms with Crippen molar-refractivity contribution >= 4 is 5.97 Å². The Kier molecular flexibility index (Phi) is 3.13. The molecular formula is C11H14O2. The second kappa shape index (κ2) is 4.13. The molecule has 1 rings (SSSR count). The molecule has 2 nitrogen and oxygen atoms in total. The molecule has 13 heavy (non-hydrogen) atoms. The van der Waals surface area contributed by atoms with Crippen LogP contribution in [-0.2, 0) is 9.53 Å². The summed E-state index contributed by atoms with van der Waals surface area (Å²) < 4.78 is 5.05. The molecule has 1 heterocycles. The minimum atomic E-state index is -0.229. The fourth-order valence-electron chi connectivity index (χ4n) is 1.28. The molecule has 0 radical (unpaired) electrons. The largest absolute Gasteiger partial charge is 0.449 e. The van der Waals surface area contributed by atoms with E-state index in [9.17, 15) is 4.79 Å². The third-order valence-corrected chi connectivity index (χ3v) is 1.85. The highest BCUT2D eigenvalue weighted by atomic mass is 16.5. The highest BCUT2D eigenvalue weighted by Gasteiger charge is 2.23. The Labute approximate surface area is 79.0 Å². The van der Waals surface area contributed by atoms with E-state index in [0.29, 0.717) is 12.3 Å². The first-order chi connectivity index (χ1) is 6.08. The molecule has 2 heteroatoms. The van der Waals surface area contributed by atoms with E-state index in [2.05, 4.69) is 18.4 Å². The Bertz CT molecular complexity index is 280. The van der Waals surface area contributed by atoms with Gasteiger partial charge in [0.15, 0.2) is 6.10 Å². The molecule has 0 saturated carbocycles. The lowest BCUT2D eigenvalue weighted by molar-refractivity contribution is -0.152. The van der Waals surface area contributed by atoms with Crippen LogP contribution in [0.3, 0.4) is 0 Å². The first-order valence-electron chi connectivity index (χ1n) is 4.44. The van der Waals surface area contributed by atoms with Gasteiger partial charge in [-0.25, -0.2) is 0 Å². The summed E-state index contributed by atoms with van der Waals surface area (Å²) in [6, 6.07) is 0. The fraction of sp³-hybridized carbons (Fsp3) is 0.545. The van der Waals surface area contributed by atoms with Crippen LogP contribution in [0.15, 0.2) is 12.2 Å². The number of rotatable bonds is 0. The lowest BCUT2D eigenvalue weighted by Gasteiger charge is -2.22. The Balaban J connectivity index is 2.57. The van der Waals surface area contributed by atoms with Crippen molar-refractivity contribution in [3.8, 4) is 11.8 Å². The van der Waals surface area contributed by atoms with Gasteiger partial charge in [-0.3, -0.25) is 4.79 Å². The quantitative estimate of drug-likeness (QED) is 0.418. The van der Waals surface area contributed by atoms with Gasteiger partial charge in [0.1, 0.15) is 0 Å². The number of carbonyl (C=O) groups is 1. The molecule has 1 aliphatic heterocycles. The van der Waals surface area contributed by atoms with Crippen LogP contribution in [0.4, 0.5) is 0 Å². The fourth-order valence-corrected chi connectivity index (χ4v) is 1.28. The molecule has 1 saturated heterocycles. The first kappa shape index (κ1) is 9.85. The highest BCUT2D eigenvalue weighted by molar-refractivity contribution is 5.71. The van der Waals surface area contributed by atoms with Crippen LogP contribution in [0.1, 0.15) is 26.7 Å². The maximum atomic E-state index is 11.0. The lowest BCUT2D eigenvalue weighted by Crippen LogP contribution is -2.27. The van der Waals surface area contributed by atoms with E-state index in [1.54, 1.807) is 0 Å². The van der Waals surface area contributed by atoms with Crippen molar-refractivity contribution in [3.63, 3.8) is 0 Å². The average molecular weight is 178 g/mol. The van der Waals surface area contributed by atoms with Gasteiger partial charge in [-0.05, 0) is 24.8 Å². The Morgan fingerprint density at radius 3 is 2.92 bits per heavy atom. The zero-order chi connectivity index (χ0) is 9.84. The summed E-state index contributed by atoms with van der Waals surface area (Å²) >= 11 is 0. The summed E-state index contributed by atoms with van der Waals surface area (Å²) in [5.41, 5.74) is 0.800. The summed E-state index contributed by atoms with van der Waals surface area (Å²) in [5, 5.41) is 0. The van der Waals surface area contributed by atoms with Gasteiger partial charge in [0, 0.05) is 6.42 Å². The number of esters is 1. The van der Waals surface area contributed by atoms with E-state index < -0.39 is 0 Å². The minimum absolute atomic E-state index is 0.139. The average Bonchev–Trinajstić information content (AvgIpc) is 1.99. The summed E-state index contributed by atoms with van der Waals surface area (Å²) in [7, 11) is 0. The Morgan fingerprint density at radius 2 is 2.38 bits per heavy atom. The van der Waals surface area contributed by atoms with E-state index in [-0.39, 0.29) is 12.1 Å². The molecule has 0 bridgehead atoms. The number of hydrogen-bond acceptors (Lipinski definition) is 2. The maximum absolute atomic E-state index is 11.0. The summed E-state index contributed by atoms with van der Waals surface area (Å²) in [6.45, 7) is 7.54. The smallest absolute Gasteiger partial charge is 0.307 e. The van der Waals surface area contributed by atoms with E-state index in [1.165, 1.54) is 0 Å². The molecule has 0 aromatic heterocycles. The topological polar surface area (TPSA) is 26.3 Å². The third-order valence-electron chi connectivity index (χ3n) is 1.85. The van der Waals surface area contributed by atoms with Gasteiger partial charge < -0.3 is 4.74 Å². The van der Waals surface area contributed by atoms with Gasteiger partial charge in [-0.1, -0.05) is 25.3 Å². The molecule has 1 fully saturated rings. The summed E-state index contributed by atoms with van der Waals surface area (Å²) in [6.07, 6.45) is 1.13. The lowest BCUT2D eigenvalue weighted by atomic mass is 9.97. The van der Waals surface area contributed by atoms with Crippen molar-refractivity contribution in [1.29, 1.82) is 0 Å². The first-order valence-corrected chi connectivity index (χ1v) is 4.44. The van der Waals surface area contributed by atoms with Crippen LogP contribution in [0.5, 0.6) is 0 Å². The van der Waals surface area contributed by atoms with Crippen molar-refractivity contribution in [1.82, 2.24) is 0 Å². The molecular weight excluding hydrogens is 164 g/mol. The normalized spacial score (nSPS) is 27.1. The number of hydrogen-bond donors (Lipinski definition) is 0. The number of cyclic esters (lactones) is 1. The summed E-state index contributed by atoms with van der Waals surface area (Å²) in [5.74, 6) is 5.97. The minimum Gasteiger partial charge on any atom is -0.449 e. The van der Waals surface area contributed by atoms with Gasteiger partial charge in [0.25, 0.3) is 0 Å². The molecule has 0 aromatic rings. The molecule has 0 aromatic carbocycles. The van der Waals surface area contributed by atoms with Crippen LogP contribution in [-0.4, -0.2) is 12.1 Å². The number of carbonyl (C=O) groups excluding carboxylic acids is 1. The van der Waals surface area contributed by atoms with Gasteiger partial charge in [0.2, 0.25) is 0 Å². The molecule has 70 valence electrons. The van der Waals surface area contributed by atoms with E-state index >= 15 is 0 Å². The molecule has 0 N–H and O–H groups in total. The maximum Gasteiger partial charge on any atom is 0.307 e. The van der Waals surface area contributed by atoms with E-state index in [4.69, 9.17) is 4.74 Å². The zero-order valence-corrected chi connectivity index (χ0v) is 8.09. The van der Waals surface area contributed by atoms with Crippen LogP contribution in [0, 0.1) is 17.8 Å². The molecule has 0 aliphatic carbocycles. The van der Waals surface area contributed by atoms with Crippen LogP contribution in [0.2, 0.25) is 0 Å². The Morgan fingerprint density at radius 1 is 1.69 bits per heavy atom. The molecule has 2 atom stereocenters. The van der Waals surface area contributed by atoms with Crippen molar-refractivity contribution in [3.05, 3.63) is 12.2 Å². The van der Waals surface area contributed by atoms with Crippen molar-refractivity contribution in [2.24, 2.45) is 5.92 Å². The predicted molar refractivity (Wildman–Crippen MR) is 50.9 cm³/mol. The van der Waals surface area contributed by atoms with E-state index in [0.717, 1.165) is 12.0 Å². The summed E-state index contributed by atoms with van der Waals surface area (Å²) in [4.78, 5) is 11.0. The highest BCUT2D eigenvalue weighted by Crippen LogP contribution is 2.19. The van der Waals surface area contributed by atoms with Crippen molar-refractivity contribution in [2.45, 2.75) is 32.8 Å². The standard InChI is InChI=1S/C11H14O2/c1-8(2)4-5-10-6-9(3)7-11(12)13-10/h9-10H,1,6-7H2,2-3H3/t9-,10+/m1/s1. The third kappa shape index (κ3) is 3.33. The van der Waals surface area contributed by atoms with Crippen LogP contribution < -0.4 is 0 Å². The van der Waals surface area contributed by atoms with Gasteiger partial charge >= 0.3 is 5.97 Å². The van der Waals surface area contributed by atoms with E-state index in [1.807, 2.05) is 13.8 Å². The molecule has 0 spiro atoms. The molecule has 0 unspecified atom stereocenters.